The number of nitrogens with zero attached hydrogens (tertiary/aromatic N) is 2. The zero-order valence-corrected chi connectivity index (χ0v) is 27.4. The summed E-state index contributed by atoms with van der Waals surface area (Å²) < 4.78 is 0. The molecule has 0 aromatic heterocycles. The standard InChI is InChI=1S/C34H53N5O6/c1-5-6-7-8-9-14-24-20-34(24,31(43)44)37-29(41)26-16-12-18-39(26)28(40)21-35-32(45)36-27(33(2,3)4)22-38-19-17-23-13-10-11-15-25(23)30(38)42/h10-11,13,15,24,26-28,40H,5-9,12,14,16-22H2,1-4H3,(H,37,41)(H,43,44)(H2,35,36,45)/t24?,26-,27+,28?,34+/m0/s1. The fraction of sp³-hybridized carbons (Fsp3) is 0.706. The van der Waals surface area contributed by atoms with Gasteiger partial charge in [-0.05, 0) is 55.1 Å². The van der Waals surface area contributed by atoms with Gasteiger partial charge in [0.15, 0.2) is 0 Å². The highest BCUT2D eigenvalue weighted by Crippen LogP contribution is 2.47. The van der Waals surface area contributed by atoms with Gasteiger partial charge in [-0.3, -0.25) is 14.5 Å². The summed E-state index contributed by atoms with van der Waals surface area (Å²) in [5.41, 5.74) is 0.162. The highest BCUT2D eigenvalue weighted by Gasteiger charge is 2.61. The van der Waals surface area contributed by atoms with Gasteiger partial charge in [-0.2, -0.15) is 0 Å². The minimum absolute atomic E-state index is 0.0451. The number of amides is 4. The fourth-order valence-corrected chi connectivity index (χ4v) is 6.79. The predicted molar refractivity (Wildman–Crippen MR) is 172 cm³/mol. The van der Waals surface area contributed by atoms with E-state index in [1.54, 1.807) is 9.80 Å². The Morgan fingerprint density at radius 3 is 2.53 bits per heavy atom. The lowest BCUT2D eigenvalue weighted by Crippen LogP contribution is -2.57. The van der Waals surface area contributed by atoms with Gasteiger partial charge in [0.25, 0.3) is 5.91 Å². The molecular weight excluding hydrogens is 574 g/mol. The lowest BCUT2D eigenvalue weighted by atomic mass is 9.85. The van der Waals surface area contributed by atoms with Crippen molar-refractivity contribution in [2.75, 3.05) is 26.2 Å². The van der Waals surface area contributed by atoms with E-state index < -0.39 is 29.8 Å². The molecule has 4 amide bonds. The van der Waals surface area contributed by atoms with Gasteiger partial charge < -0.3 is 31.1 Å². The van der Waals surface area contributed by atoms with Crippen LogP contribution in [0.15, 0.2) is 24.3 Å². The molecule has 2 aliphatic heterocycles. The Bertz CT molecular complexity index is 1220. The van der Waals surface area contributed by atoms with E-state index >= 15 is 0 Å². The molecule has 11 heteroatoms. The van der Waals surface area contributed by atoms with Crippen LogP contribution in [-0.2, 0) is 16.0 Å². The third-order valence-corrected chi connectivity index (χ3v) is 9.85. The number of carboxylic acid groups (broad SMARTS) is 1. The molecule has 1 aliphatic carbocycles. The van der Waals surface area contributed by atoms with Crippen LogP contribution in [0.3, 0.4) is 0 Å². The Balaban J connectivity index is 1.27. The number of urea groups is 1. The average molecular weight is 628 g/mol. The summed E-state index contributed by atoms with van der Waals surface area (Å²) in [5.74, 6) is -1.50. The Morgan fingerprint density at radius 2 is 1.82 bits per heavy atom. The number of likely N-dealkylation sites (tertiary alicyclic amines) is 1. The highest BCUT2D eigenvalue weighted by atomic mass is 16.4. The number of hydrogen-bond donors (Lipinski definition) is 5. The molecule has 0 radical (unpaired) electrons. The van der Waals surface area contributed by atoms with Gasteiger partial charge in [0.2, 0.25) is 5.91 Å². The van der Waals surface area contributed by atoms with Crippen LogP contribution in [0.25, 0.3) is 0 Å². The van der Waals surface area contributed by atoms with Crippen LogP contribution in [0.4, 0.5) is 4.79 Å². The molecule has 0 spiro atoms. The Labute approximate surface area is 267 Å². The molecule has 3 aliphatic rings. The first-order valence-electron chi connectivity index (χ1n) is 16.8. The molecule has 1 saturated carbocycles. The van der Waals surface area contributed by atoms with E-state index in [0.29, 0.717) is 44.5 Å². The van der Waals surface area contributed by atoms with Gasteiger partial charge in [-0.15, -0.1) is 0 Å². The van der Waals surface area contributed by atoms with Crippen molar-refractivity contribution < 1.29 is 29.4 Å². The molecule has 1 aromatic carbocycles. The third-order valence-electron chi connectivity index (χ3n) is 9.85. The molecular formula is C34H53N5O6. The van der Waals surface area contributed by atoms with E-state index in [4.69, 9.17) is 0 Å². The number of benzene rings is 1. The smallest absolute Gasteiger partial charge is 0.329 e. The summed E-state index contributed by atoms with van der Waals surface area (Å²) in [4.78, 5) is 55.0. The minimum atomic E-state index is -1.22. The highest BCUT2D eigenvalue weighted by molar-refractivity contribution is 5.96. The zero-order chi connectivity index (χ0) is 32.8. The largest absolute Gasteiger partial charge is 0.479 e. The molecule has 0 bridgehead atoms. The lowest BCUT2D eigenvalue weighted by molar-refractivity contribution is -0.145. The first-order chi connectivity index (χ1) is 21.4. The van der Waals surface area contributed by atoms with Crippen LogP contribution in [-0.4, -0.2) is 93.9 Å². The SMILES string of the molecule is CCCCCCCC1C[C@]1(NC(=O)[C@@H]1CCCN1C(O)CNC(=O)N[C@H](CN1CCc2ccccc2C1=O)C(C)(C)C)C(=O)O. The van der Waals surface area contributed by atoms with Crippen molar-refractivity contribution in [3.05, 3.63) is 35.4 Å². The number of aliphatic hydroxyl groups excluding tert-OH is 1. The van der Waals surface area contributed by atoms with Crippen molar-refractivity contribution in [2.45, 2.75) is 116 Å². The van der Waals surface area contributed by atoms with Crippen LogP contribution in [0.2, 0.25) is 0 Å². The molecule has 5 atom stereocenters. The molecule has 2 heterocycles. The molecule has 11 nitrogen and oxygen atoms in total. The monoisotopic (exact) mass is 627 g/mol. The average Bonchev–Trinajstić information content (AvgIpc) is 3.46. The number of carbonyl (C=O) groups is 4. The Kier molecular flexibility index (Phi) is 11.5. The maximum atomic E-state index is 13.3. The molecule has 1 saturated heterocycles. The summed E-state index contributed by atoms with van der Waals surface area (Å²) in [6.07, 6.45) is 7.53. The van der Waals surface area contributed by atoms with E-state index in [9.17, 15) is 29.4 Å². The van der Waals surface area contributed by atoms with Crippen molar-refractivity contribution in [2.24, 2.45) is 11.3 Å². The second-order valence-electron chi connectivity index (χ2n) is 14.2. The summed E-state index contributed by atoms with van der Waals surface area (Å²) in [5, 5.41) is 29.5. The third kappa shape index (κ3) is 8.55. The predicted octanol–water partition coefficient (Wildman–Crippen LogP) is 3.50. The molecule has 5 N–H and O–H groups in total. The lowest BCUT2D eigenvalue weighted by Gasteiger charge is -2.38. The second-order valence-corrected chi connectivity index (χ2v) is 14.2. The van der Waals surface area contributed by atoms with Crippen LogP contribution in [0.5, 0.6) is 0 Å². The van der Waals surface area contributed by atoms with Gasteiger partial charge in [0.05, 0.1) is 18.6 Å². The topological polar surface area (TPSA) is 151 Å². The number of carboxylic acids is 1. The number of hydrogen-bond acceptors (Lipinski definition) is 6. The fourth-order valence-electron chi connectivity index (χ4n) is 6.79. The molecule has 2 unspecified atom stereocenters. The first kappa shape index (κ1) is 34.7. The number of carbonyl (C=O) groups excluding carboxylic acids is 3. The molecule has 2 fully saturated rings. The van der Waals surface area contributed by atoms with Crippen molar-refractivity contribution in [3.8, 4) is 0 Å². The van der Waals surface area contributed by atoms with Crippen LogP contribution in [0.1, 0.15) is 101 Å². The zero-order valence-electron chi connectivity index (χ0n) is 27.4. The number of aliphatic hydroxyl groups is 1. The van der Waals surface area contributed by atoms with Crippen molar-refractivity contribution in [3.63, 3.8) is 0 Å². The number of unbranched alkanes of at least 4 members (excludes halogenated alkanes) is 4. The normalized spacial score (nSPS) is 24.5. The Morgan fingerprint density at radius 1 is 1.09 bits per heavy atom. The van der Waals surface area contributed by atoms with E-state index in [1.807, 2.05) is 45.0 Å². The van der Waals surface area contributed by atoms with Crippen molar-refractivity contribution in [1.29, 1.82) is 0 Å². The summed E-state index contributed by atoms with van der Waals surface area (Å²) in [6.45, 7) is 9.46. The maximum Gasteiger partial charge on any atom is 0.329 e. The molecule has 45 heavy (non-hydrogen) atoms. The van der Waals surface area contributed by atoms with E-state index in [1.165, 1.54) is 6.42 Å². The molecule has 1 aromatic rings. The summed E-state index contributed by atoms with van der Waals surface area (Å²) in [7, 11) is 0. The second kappa shape index (κ2) is 14.9. The number of rotatable bonds is 15. The number of fused-ring (bicyclic) bond motifs is 1. The van der Waals surface area contributed by atoms with Gasteiger partial charge >= 0.3 is 12.0 Å². The van der Waals surface area contributed by atoms with Crippen LogP contribution < -0.4 is 16.0 Å². The van der Waals surface area contributed by atoms with E-state index in [-0.39, 0.29) is 35.7 Å². The molecule has 250 valence electrons. The van der Waals surface area contributed by atoms with Gasteiger partial charge in [0.1, 0.15) is 11.8 Å². The summed E-state index contributed by atoms with van der Waals surface area (Å²) in [6, 6.07) is 6.12. The molecule has 4 rings (SSSR count). The quantitative estimate of drug-likeness (QED) is 0.187. The number of aliphatic carboxylic acids is 1. The van der Waals surface area contributed by atoms with E-state index in [0.717, 1.165) is 44.1 Å². The van der Waals surface area contributed by atoms with Crippen LogP contribution in [0, 0.1) is 11.3 Å². The summed E-state index contributed by atoms with van der Waals surface area (Å²) >= 11 is 0. The Hall–Kier alpha value is -3.18. The maximum absolute atomic E-state index is 13.3. The van der Waals surface area contributed by atoms with Gasteiger partial charge in [0, 0.05) is 25.2 Å². The van der Waals surface area contributed by atoms with Crippen LogP contribution >= 0.6 is 0 Å². The van der Waals surface area contributed by atoms with E-state index in [2.05, 4.69) is 22.9 Å². The van der Waals surface area contributed by atoms with Crippen molar-refractivity contribution >= 4 is 23.8 Å². The first-order valence-corrected chi connectivity index (χ1v) is 16.8. The number of nitrogens with one attached hydrogen (secondary N) is 3. The van der Waals surface area contributed by atoms with Gasteiger partial charge in [-0.25, -0.2) is 9.59 Å². The van der Waals surface area contributed by atoms with Gasteiger partial charge in [-0.1, -0.05) is 78.0 Å². The minimum Gasteiger partial charge on any atom is -0.479 e. The van der Waals surface area contributed by atoms with Crippen molar-refractivity contribution in [1.82, 2.24) is 25.8 Å².